The van der Waals surface area contributed by atoms with E-state index < -0.39 is 0 Å². The van der Waals surface area contributed by atoms with Crippen LogP contribution in [0.4, 0.5) is 0 Å². The molecule has 1 aromatic heterocycles. The van der Waals surface area contributed by atoms with Crippen molar-refractivity contribution in [1.82, 2.24) is 9.97 Å². The summed E-state index contributed by atoms with van der Waals surface area (Å²) in [4.78, 5) is 9.25. The zero-order chi connectivity index (χ0) is 21.0. The second kappa shape index (κ2) is 12.6. The first-order valence-corrected chi connectivity index (χ1v) is 11.9. The van der Waals surface area contributed by atoms with Crippen LogP contribution in [-0.2, 0) is 11.2 Å². The number of benzene rings is 1. The van der Waals surface area contributed by atoms with E-state index in [4.69, 9.17) is 4.74 Å². The summed E-state index contributed by atoms with van der Waals surface area (Å²) >= 11 is 0. The minimum Gasteiger partial charge on any atom is -0.381 e. The number of ether oxygens (including phenoxy) is 1. The van der Waals surface area contributed by atoms with Crippen LogP contribution >= 0.6 is 0 Å². The molecular weight excluding hydrogens is 368 g/mol. The lowest BCUT2D eigenvalue weighted by molar-refractivity contribution is 0.233. The molecule has 1 aromatic carbocycles. The largest absolute Gasteiger partial charge is 0.381 e. The summed E-state index contributed by atoms with van der Waals surface area (Å²) in [5.74, 6) is 2.24. The van der Waals surface area contributed by atoms with Gasteiger partial charge in [0, 0.05) is 25.1 Å². The number of methoxy groups -OCH3 is 1. The topological polar surface area (TPSA) is 35.0 Å². The minimum absolute atomic E-state index is 0.683. The van der Waals surface area contributed by atoms with Crippen molar-refractivity contribution < 1.29 is 4.74 Å². The molecule has 3 rings (SSSR count). The average molecular weight is 407 g/mol. The third-order valence-electron chi connectivity index (χ3n) is 6.36. The van der Waals surface area contributed by atoms with Crippen LogP contribution in [0.1, 0.15) is 81.8 Å². The Bertz CT molecular complexity index is 743. The van der Waals surface area contributed by atoms with E-state index in [9.17, 15) is 0 Å². The van der Waals surface area contributed by atoms with E-state index in [0.29, 0.717) is 11.8 Å². The van der Waals surface area contributed by atoms with Crippen molar-refractivity contribution in [2.75, 3.05) is 13.7 Å². The highest BCUT2D eigenvalue weighted by atomic mass is 16.5. The van der Waals surface area contributed by atoms with Gasteiger partial charge in [-0.3, -0.25) is 0 Å². The van der Waals surface area contributed by atoms with E-state index in [-0.39, 0.29) is 0 Å². The number of nitrogens with zero attached hydrogens (tertiary/aromatic N) is 2. The molecule has 0 unspecified atom stereocenters. The molecule has 0 N–H and O–H groups in total. The van der Waals surface area contributed by atoms with Gasteiger partial charge in [0.05, 0.1) is 6.61 Å². The molecule has 0 aliphatic heterocycles. The summed E-state index contributed by atoms with van der Waals surface area (Å²) in [5, 5.41) is 0. The first kappa shape index (κ1) is 22.7. The molecule has 0 amide bonds. The van der Waals surface area contributed by atoms with Crippen molar-refractivity contribution in [2.45, 2.75) is 77.0 Å². The average Bonchev–Trinajstić information content (AvgIpc) is 2.80. The van der Waals surface area contributed by atoms with E-state index in [1.807, 2.05) is 12.4 Å². The van der Waals surface area contributed by atoms with Crippen LogP contribution in [0, 0.1) is 5.92 Å². The Hall–Kier alpha value is -2.00. The molecule has 0 saturated heterocycles. The predicted octanol–water partition coefficient (Wildman–Crippen LogP) is 7.13. The molecule has 1 heterocycles. The summed E-state index contributed by atoms with van der Waals surface area (Å²) in [6.45, 7) is 2.98. The summed E-state index contributed by atoms with van der Waals surface area (Å²) in [7, 11) is 1.75. The lowest BCUT2D eigenvalue weighted by Gasteiger charge is -2.27. The normalized spacial score (nSPS) is 19.4. The Balaban J connectivity index is 1.48. The lowest BCUT2D eigenvalue weighted by Crippen LogP contribution is -2.11. The van der Waals surface area contributed by atoms with Gasteiger partial charge in [0.2, 0.25) is 0 Å². The van der Waals surface area contributed by atoms with Crippen LogP contribution in [0.5, 0.6) is 0 Å². The molecular formula is C27H38N2O. The molecule has 0 bridgehead atoms. The van der Waals surface area contributed by atoms with E-state index in [0.717, 1.165) is 24.4 Å². The van der Waals surface area contributed by atoms with Gasteiger partial charge in [-0.05, 0) is 61.5 Å². The summed E-state index contributed by atoms with van der Waals surface area (Å²) in [5.41, 5.74) is 3.83. The molecule has 1 aliphatic carbocycles. The third-order valence-corrected chi connectivity index (χ3v) is 6.36. The fourth-order valence-corrected chi connectivity index (χ4v) is 4.46. The number of aryl methyl sites for hydroxylation is 1. The van der Waals surface area contributed by atoms with Gasteiger partial charge >= 0.3 is 0 Å². The lowest BCUT2D eigenvalue weighted by atomic mass is 9.78. The minimum atomic E-state index is 0.683. The molecule has 1 aliphatic rings. The molecule has 30 heavy (non-hydrogen) atoms. The van der Waals surface area contributed by atoms with Crippen molar-refractivity contribution >= 4 is 0 Å². The summed E-state index contributed by atoms with van der Waals surface area (Å²) in [6, 6.07) is 8.96. The summed E-state index contributed by atoms with van der Waals surface area (Å²) in [6.07, 6.45) is 21.2. The highest BCUT2D eigenvalue weighted by Crippen LogP contribution is 2.36. The van der Waals surface area contributed by atoms with Crippen LogP contribution < -0.4 is 0 Å². The molecule has 0 spiro atoms. The Morgan fingerprint density at radius 1 is 0.933 bits per heavy atom. The SMILES string of the molecule is CCCCCCCc1cnc(-c2ccc([C@H]3CC[C@H](/C=C/COC)CC3)cc2)nc1. The van der Waals surface area contributed by atoms with Gasteiger partial charge in [-0.25, -0.2) is 9.97 Å². The third kappa shape index (κ3) is 7.05. The van der Waals surface area contributed by atoms with Gasteiger partial charge in [0.25, 0.3) is 0 Å². The van der Waals surface area contributed by atoms with Gasteiger partial charge in [-0.2, -0.15) is 0 Å². The van der Waals surface area contributed by atoms with Gasteiger partial charge in [-0.1, -0.05) is 69.0 Å². The van der Waals surface area contributed by atoms with Crippen molar-refractivity contribution in [3.05, 3.63) is 59.9 Å². The number of hydrogen-bond acceptors (Lipinski definition) is 3. The highest BCUT2D eigenvalue weighted by molar-refractivity contribution is 5.55. The van der Waals surface area contributed by atoms with E-state index >= 15 is 0 Å². The van der Waals surface area contributed by atoms with Gasteiger partial charge in [0.1, 0.15) is 0 Å². The molecule has 3 heteroatoms. The smallest absolute Gasteiger partial charge is 0.159 e. The fraction of sp³-hybridized carbons (Fsp3) is 0.556. The van der Waals surface area contributed by atoms with Crippen molar-refractivity contribution in [2.24, 2.45) is 5.92 Å². The molecule has 162 valence electrons. The predicted molar refractivity (Wildman–Crippen MR) is 126 cm³/mol. The Labute approximate surface area is 183 Å². The van der Waals surface area contributed by atoms with Crippen molar-refractivity contribution in [1.29, 1.82) is 0 Å². The molecule has 1 fully saturated rings. The van der Waals surface area contributed by atoms with Gasteiger partial charge < -0.3 is 4.74 Å². The molecule has 0 atom stereocenters. The van der Waals surface area contributed by atoms with Crippen LogP contribution in [0.2, 0.25) is 0 Å². The maximum atomic E-state index is 5.11. The molecule has 1 saturated carbocycles. The second-order valence-electron chi connectivity index (χ2n) is 8.70. The number of allylic oxidation sites excluding steroid dienone is 1. The quantitative estimate of drug-likeness (QED) is 0.294. The number of aromatic nitrogens is 2. The summed E-state index contributed by atoms with van der Waals surface area (Å²) < 4.78 is 5.11. The highest BCUT2D eigenvalue weighted by Gasteiger charge is 2.20. The Morgan fingerprint density at radius 2 is 1.63 bits per heavy atom. The van der Waals surface area contributed by atoms with E-state index in [2.05, 4.69) is 53.3 Å². The monoisotopic (exact) mass is 406 g/mol. The van der Waals surface area contributed by atoms with Crippen LogP contribution in [0.3, 0.4) is 0 Å². The van der Waals surface area contributed by atoms with Crippen LogP contribution in [0.15, 0.2) is 48.8 Å². The Kier molecular flexibility index (Phi) is 9.56. The molecule has 3 nitrogen and oxygen atoms in total. The first-order valence-electron chi connectivity index (χ1n) is 11.9. The molecule has 0 radical (unpaired) electrons. The maximum absolute atomic E-state index is 5.11. The number of hydrogen-bond donors (Lipinski definition) is 0. The standard InChI is InChI=1S/C27H38N2O/c1-3-4-5-6-7-9-23-20-28-27(29-21-23)26-17-15-25(16-18-26)24-13-11-22(12-14-24)10-8-19-30-2/h8,10,15-18,20-22,24H,3-7,9,11-14,19H2,1-2H3/b10-8+/t22-,24-. The van der Waals surface area contributed by atoms with E-state index in [1.165, 1.54) is 68.9 Å². The van der Waals surface area contributed by atoms with Crippen LogP contribution in [-0.4, -0.2) is 23.7 Å². The number of rotatable bonds is 11. The Morgan fingerprint density at radius 3 is 2.30 bits per heavy atom. The first-order chi connectivity index (χ1) is 14.8. The number of unbranched alkanes of at least 4 members (excludes halogenated alkanes) is 4. The zero-order valence-electron chi connectivity index (χ0n) is 18.9. The zero-order valence-corrected chi connectivity index (χ0v) is 18.9. The van der Waals surface area contributed by atoms with Gasteiger partial charge in [0.15, 0.2) is 5.82 Å². The fourth-order valence-electron chi connectivity index (χ4n) is 4.46. The van der Waals surface area contributed by atoms with Crippen molar-refractivity contribution in [3.8, 4) is 11.4 Å². The maximum Gasteiger partial charge on any atom is 0.159 e. The van der Waals surface area contributed by atoms with E-state index in [1.54, 1.807) is 7.11 Å². The van der Waals surface area contributed by atoms with Crippen molar-refractivity contribution in [3.63, 3.8) is 0 Å². The second-order valence-corrected chi connectivity index (χ2v) is 8.70. The van der Waals surface area contributed by atoms with Gasteiger partial charge in [-0.15, -0.1) is 0 Å². The molecule has 2 aromatic rings. The van der Waals surface area contributed by atoms with Crippen LogP contribution in [0.25, 0.3) is 11.4 Å².